The van der Waals surface area contributed by atoms with Gasteiger partial charge in [-0.3, -0.25) is 9.36 Å². The molecule has 0 fully saturated rings. The highest BCUT2D eigenvalue weighted by Crippen LogP contribution is 2.32. The van der Waals surface area contributed by atoms with Gasteiger partial charge in [0, 0.05) is 11.6 Å². The van der Waals surface area contributed by atoms with Crippen LogP contribution < -0.4 is 19.6 Å². The number of esters is 2. The molecule has 0 saturated heterocycles. The van der Waals surface area contributed by atoms with E-state index < -0.39 is 12.0 Å². The molecule has 9 nitrogen and oxygen atoms in total. The van der Waals surface area contributed by atoms with Crippen LogP contribution in [0.1, 0.15) is 62.3 Å². The first-order valence-corrected chi connectivity index (χ1v) is 14.9. The van der Waals surface area contributed by atoms with Gasteiger partial charge < -0.3 is 18.6 Å². The van der Waals surface area contributed by atoms with Gasteiger partial charge in [0.15, 0.2) is 4.80 Å². The molecule has 5 rings (SSSR count). The number of nitrogens with zero attached hydrogens (tertiary/aromatic N) is 2. The number of rotatable bonds is 9. The van der Waals surface area contributed by atoms with Crippen LogP contribution >= 0.6 is 11.3 Å². The molecule has 4 aromatic rings. The van der Waals surface area contributed by atoms with Crippen molar-refractivity contribution in [3.05, 3.63) is 109 Å². The van der Waals surface area contributed by atoms with Crippen molar-refractivity contribution in [2.45, 2.75) is 46.8 Å². The second-order valence-corrected chi connectivity index (χ2v) is 11.0. The van der Waals surface area contributed by atoms with Crippen LogP contribution in [-0.2, 0) is 14.3 Å². The van der Waals surface area contributed by atoms with Crippen LogP contribution in [0.4, 0.5) is 0 Å². The zero-order valence-electron chi connectivity index (χ0n) is 24.6. The van der Waals surface area contributed by atoms with Gasteiger partial charge in [-0.1, -0.05) is 35.6 Å². The molecule has 0 unspecified atom stereocenters. The van der Waals surface area contributed by atoms with Crippen molar-refractivity contribution in [1.29, 1.82) is 0 Å². The van der Waals surface area contributed by atoms with Gasteiger partial charge in [0.25, 0.3) is 5.56 Å². The first-order valence-electron chi connectivity index (χ1n) is 14.0. The summed E-state index contributed by atoms with van der Waals surface area (Å²) in [5.74, 6) is 0.839. The van der Waals surface area contributed by atoms with Gasteiger partial charge in [-0.15, -0.1) is 0 Å². The molecule has 1 aliphatic rings. The van der Waals surface area contributed by atoms with Crippen molar-refractivity contribution in [2.75, 3.05) is 13.2 Å². The Balaban J connectivity index is 1.54. The average molecular weight is 601 g/mol. The molecule has 0 radical (unpaired) electrons. The van der Waals surface area contributed by atoms with Gasteiger partial charge in [-0.05, 0) is 76.6 Å². The monoisotopic (exact) mass is 600 g/mol. The Morgan fingerprint density at radius 1 is 1.00 bits per heavy atom. The second-order valence-electron chi connectivity index (χ2n) is 10.0. The Kier molecular flexibility index (Phi) is 8.77. The minimum atomic E-state index is -0.731. The number of hydrogen-bond acceptors (Lipinski definition) is 9. The quantitative estimate of drug-likeness (QED) is 0.248. The fraction of sp³-hybridized carbons (Fsp3) is 0.273. The molecule has 0 N–H and O–H groups in total. The lowest BCUT2D eigenvalue weighted by molar-refractivity contribution is -0.143. The zero-order chi connectivity index (χ0) is 30.7. The topological polar surface area (TPSA) is 109 Å². The minimum Gasteiger partial charge on any atom is -0.494 e. The molecule has 0 saturated carbocycles. The lowest BCUT2D eigenvalue weighted by atomic mass is 9.96. The minimum absolute atomic E-state index is 0.303. The van der Waals surface area contributed by atoms with Crippen LogP contribution in [0.5, 0.6) is 5.75 Å². The maximum atomic E-state index is 13.9. The first kappa shape index (κ1) is 29.8. The lowest BCUT2D eigenvalue weighted by Crippen LogP contribution is -2.40. The van der Waals surface area contributed by atoms with Crippen LogP contribution in [0.25, 0.3) is 17.4 Å². The predicted octanol–water partition coefficient (Wildman–Crippen LogP) is 5.02. The summed E-state index contributed by atoms with van der Waals surface area (Å²) in [4.78, 5) is 44.3. The molecule has 2 aromatic heterocycles. The zero-order valence-corrected chi connectivity index (χ0v) is 25.4. The Morgan fingerprint density at radius 2 is 1.72 bits per heavy atom. The number of aromatic nitrogens is 1. The van der Waals surface area contributed by atoms with Crippen molar-refractivity contribution in [1.82, 2.24) is 4.57 Å². The summed E-state index contributed by atoms with van der Waals surface area (Å²) in [5, 5.41) is 0. The molecule has 222 valence electrons. The molecule has 0 aliphatic carbocycles. The largest absolute Gasteiger partial charge is 0.494 e. The normalized spacial score (nSPS) is 14.8. The fourth-order valence-electron chi connectivity index (χ4n) is 4.79. The summed E-state index contributed by atoms with van der Waals surface area (Å²) in [6.45, 7) is 9.80. The van der Waals surface area contributed by atoms with Gasteiger partial charge >= 0.3 is 11.9 Å². The van der Waals surface area contributed by atoms with E-state index in [0.717, 1.165) is 11.1 Å². The number of allylic oxidation sites excluding steroid dienone is 1. The maximum Gasteiger partial charge on any atom is 0.338 e. The Hall–Kier alpha value is -4.70. The van der Waals surface area contributed by atoms with E-state index in [2.05, 4.69) is 4.99 Å². The highest BCUT2D eigenvalue weighted by Gasteiger charge is 2.33. The summed E-state index contributed by atoms with van der Waals surface area (Å²) in [6, 6.07) is 17.1. The molecule has 0 bridgehead atoms. The van der Waals surface area contributed by atoms with E-state index in [-0.39, 0.29) is 17.6 Å². The van der Waals surface area contributed by atoms with Crippen molar-refractivity contribution >= 4 is 29.4 Å². The number of hydrogen-bond donors (Lipinski definition) is 0. The number of carbonyl (C=O) groups is 2. The van der Waals surface area contributed by atoms with Crippen molar-refractivity contribution in [3.63, 3.8) is 0 Å². The van der Waals surface area contributed by atoms with E-state index in [0.29, 0.717) is 56.7 Å². The third kappa shape index (κ3) is 6.24. The molecule has 0 amide bonds. The first-order chi connectivity index (χ1) is 20.7. The van der Waals surface area contributed by atoms with Crippen LogP contribution in [0.3, 0.4) is 0 Å². The average Bonchev–Trinajstić information content (AvgIpc) is 3.57. The number of fused-ring (bicyclic) bond motifs is 1. The van der Waals surface area contributed by atoms with E-state index in [9.17, 15) is 14.4 Å². The van der Waals surface area contributed by atoms with E-state index in [1.165, 1.54) is 15.9 Å². The third-order valence-corrected chi connectivity index (χ3v) is 7.65. The van der Waals surface area contributed by atoms with Crippen LogP contribution in [0.15, 0.2) is 86.1 Å². The van der Waals surface area contributed by atoms with Crippen LogP contribution in [0.2, 0.25) is 0 Å². The number of ether oxygens (including phenoxy) is 3. The van der Waals surface area contributed by atoms with E-state index in [1.807, 2.05) is 31.2 Å². The van der Waals surface area contributed by atoms with Gasteiger partial charge in [-0.25, -0.2) is 14.6 Å². The summed E-state index contributed by atoms with van der Waals surface area (Å²) >= 11 is 1.22. The molecular weight excluding hydrogens is 568 g/mol. The second kappa shape index (κ2) is 12.7. The van der Waals surface area contributed by atoms with Crippen molar-refractivity contribution < 1.29 is 28.2 Å². The maximum absolute atomic E-state index is 13.9. The van der Waals surface area contributed by atoms with E-state index in [4.69, 9.17) is 18.6 Å². The summed E-state index contributed by atoms with van der Waals surface area (Å²) in [6.07, 6.45) is 1.33. The predicted molar refractivity (Wildman–Crippen MR) is 163 cm³/mol. The molecule has 1 atom stereocenters. The van der Waals surface area contributed by atoms with Crippen LogP contribution in [0, 0.1) is 0 Å². The Morgan fingerprint density at radius 3 is 2.37 bits per heavy atom. The number of thiazole rings is 1. The number of carbonyl (C=O) groups excluding carboxylic acids is 2. The van der Waals surface area contributed by atoms with E-state index in [1.54, 1.807) is 70.2 Å². The third-order valence-electron chi connectivity index (χ3n) is 6.67. The van der Waals surface area contributed by atoms with E-state index >= 15 is 0 Å². The Bertz CT molecular complexity index is 1860. The smallest absolute Gasteiger partial charge is 0.338 e. The van der Waals surface area contributed by atoms with Crippen molar-refractivity contribution in [2.24, 2.45) is 4.99 Å². The molecule has 2 aromatic carbocycles. The van der Waals surface area contributed by atoms with Gasteiger partial charge in [-0.2, -0.15) is 0 Å². The van der Waals surface area contributed by atoms with Crippen LogP contribution in [-0.4, -0.2) is 35.8 Å². The number of furan rings is 1. The lowest BCUT2D eigenvalue weighted by Gasteiger charge is -2.25. The number of benzene rings is 2. The summed E-state index contributed by atoms with van der Waals surface area (Å²) in [5.41, 5.74) is 2.45. The molecule has 43 heavy (non-hydrogen) atoms. The molecular formula is C33H32N2O7S. The van der Waals surface area contributed by atoms with Gasteiger partial charge in [0.2, 0.25) is 0 Å². The highest BCUT2D eigenvalue weighted by atomic mass is 32.1. The summed E-state index contributed by atoms with van der Waals surface area (Å²) < 4.78 is 24.2. The molecule has 0 spiro atoms. The fourth-order valence-corrected chi connectivity index (χ4v) is 5.82. The highest BCUT2D eigenvalue weighted by molar-refractivity contribution is 7.07. The Labute approximate surface area is 252 Å². The van der Waals surface area contributed by atoms with Gasteiger partial charge in [0.1, 0.15) is 17.3 Å². The summed E-state index contributed by atoms with van der Waals surface area (Å²) in [7, 11) is 0. The molecule has 3 heterocycles. The standard InChI is InChI=1S/C33H32N2O7S/c1-6-39-24-14-12-22(13-15-24)29-28(32(38)41-19(3)4)20(5)34-33-35(29)30(36)27(43-33)18-25-16-17-26(42-25)21-8-10-23(11-9-21)31(37)40-7-2/h8-19,29H,6-7H2,1-5H3/b27-18+/t29-/m0/s1. The molecule has 1 aliphatic heterocycles. The van der Waals surface area contributed by atoms with Gasteiger partial charge in [0.05, 0.1) is 46.7 Å². The SMILES string of the molecule is CCOC(=O)c1ccc(-c2ccc(/C=c3/sc4n(c3=O)[C@@H](c3ccc(OCC)cc3)C(C(=O)OC(C)C)=C(C)N=4)o2)cc1. The van der Waals surface area contributed by atoms with Crippen molar-refractivity contribution in [3.8, 4) is 17.1 Å². The molecule has 10 heteroatoms.